The molecule has 5 nitrogen and oxygen atoms in total. The Kier molecular flexibility index (Phi) is 7.50. The van der Waals surface area contributed by atoms with E-state index < -0.39 is 0 Å². The predicted molar refractivity (Wildman–Crippen MR) is 105 cm³/mol. The van der Waals surface area contributed by atoms with E-state index in [1.807, 2.05) is 30.5 Å². The molecule has 0 atom stereocenters. The first-order valence-electron chi connectivity index (χ1n) is 8.48. The summed E-state index contributed by atoms with van der Waals surface area (Å²) in [5.41, 5.74) is 2.42. The highest BCUT2D eigenvalue weighted by molar-refractivity contribution is 5.85. The van der Waals surface area contributed by atoms with Gasteiger partial charge in [0.2, 0.25) is 0 Å². The quantitative estimate of drug-likeness (QED) is 0.855. The Hall–Kier alpha value is -1.82. The van der Waals surface area contributed by atoms with Crippen LogP contribution in [0.5, 0.6) is 5.75 Å². The summed E-state index contributed by atoms with van der Waals surface area (Å²) < 4.78 is 5.41. The molecule has 1 fully saturated rings. The topological polar surface area (TPSA) is 40.6 Å². The summed E-state index contributed by atoms with van der Waals surface area (Å²) in [4.78, 5) is 9.38. The van der Waals surface area contributed by atoms with Crippen LogP contribution < -0.4 is 15.0 Å². The van der Waals surface area contributed by atoms with Gasteiger partial charge in [0, 0.05) is 56.6 Å². The van der Waals surface area contributed by atoms with Gasteiger partial charge in [0.15, 0.2) is 0 Å². The molecule has 1 aromatic heterocycles. The SMILES string of the molecule is COc1ccccc1CNCc1cccnc1N1CCN(C)CC1.Cl. The molecule has 2 aromatic rings. The van der Waals surface area contributed by atoms with Crippen LogP contribution in [0.2, 0.25) is 0 Å². The lowest BCUT2D eigenvalue weighted by molar-refractivity contribution is 0.311. The second-order valence-corrected chi connectivity index (χ2v) is 6.19. The van der Waals surface area contributed by atoms with Crippen molar-refractivity contribution in [1.29, 1.82) is 0 Å². The molecule has 136 valence electrons. The second-order valence-electron chi connectivity index (χ2n) is 6.19. The standard InChI is InChI=1S/C19H26N4O.ClH/c1-22-10-12-23(13-11-22)19-17(7-5-9-21-19)15-20-14-16-6-3-4-8-18(16)24-2;/h3-9,20H,10-15H2,1-2H3;1H. The summed E-state index contributed by atoms with van der Waals surface area (Å²) >= 11 is 0. The van der Waals surface area contributed by atoms with Crippen molar-refractivity contribution >= 4 is 18.2 Å². The van der Waals surface area contributed by atoms with Crippen LogP contribution in [0.15, 0.2) is 42.6 Å². The number of halogens is 1. The normalized spacial score (nSPS) is 14.9. The molecule has 3 rings (SSSR count). The number of piperazine rings is 1. The number of benzene rings is 1. The van der Waals surface area contributed by atoms with Crippen LogP contribution in [-0.4, -0.2) is 50.2 Å². The van der Waals surface area contributed by atoms with E-state index in [2.05, 4.69) is 39.3 Å². The third kappa shape index (κ3) is 5.08. The Balaban J connectivity index is 0.00000225. The van der Waals surface area contributed by atoms with Crippen molar-refractivity contribution in [3.63, 3.8) is 0 Å². The minimum absolute atomic E-state index is 0. The van der Waals surface area contributed by atoms with Crippen molar-refractivity contribution in [1.82, 2.24) is 15.2 Å². The lowest BCUT2D eigenvalue weighted by Gasteiger charge is -2.34. The van der Waals surface area contributed by atoms with Crippen LogP contribution >= 0.6 is 12.4 Å². The van der Waals surface area contributed by atoms with E-state index in [4.69, 9.17) is 4.74 Å². The Morgan fingerprint density at radius 2 is 1.68 bits per heavy atom. The predicted octanol–water partition coefficient (Wildman–Crippen LogP) is 2.55. The van der Waals surface area contributed by atoms with Gasteiger partial charge in [0.1, 0.15) is 11.6 Å². The fourth-order valence-electron chi connectivity index (χ4n) is 3.05. The number of pyridine rings is 1. The highest BCUT2D eigenvalue weighted by Gasteiger charge is 2.17. The molecular weight excluding hydrogens is 336 g/mol. The zero-order valence-electron chi connectivity index (χ0n) is 14.9. The number of hydrogen-bond acceptors (Lipinski definition) is 5. The first kappa shape index (κ1) is 19.5. The molecule has 0 aliphatic carbocycles. The molecule has 0 radical (unpaired) electrons. The maximum Gasteiger partial charge on any atom is 0.133 e. The molecular formula is C19H27ClN4O. The average molecular weight is 363 g/mol. The van der Waals surface area contributed by atoms with Crippen LogP contribution in [0, 0.1) is 0 Å². The average Bonchev–Trinajstić information content (AvgIpc) is 2.63. The minimum Gasteiger partial charge on any atom is -0.496 e. The molecule has 0 saturated carbocycles. The van der Waals surface area contributed by atoms with Crippen LogP contribution in [-0.2, 0) is 13.1 Å². The fraction of sp³-hybridized carbons (Fsp3) is 0.421. The lowest BCUT2D eigenvalue weighted by atomic mass is 10.2. The van der Waals surface area contributed by atoms with Gasteiger partial charge in [-0.25, -0.2) is 4.98 Å². The molecule has 6 heteroatoms. The van der Waals surface area contributed by atoms with Crippen molar-refractivity contribution in [3.05, 3.63) is 53.7 Å². The Morgan fingerprint density at radius 1 is 1.00 bits per heavy atom. The van der Waals surface area contributed by atoms with E-state index in [1.54, 1.807) is 7.11 Å². The molecule has 0 amide bonds. The van der Waals surface area contributed by atoms with Crippen molar-refractivity contribution < 1.29 is 4.74 Å². The summed E-state index contributed by atoms with van der Waals surface area (Å²) in [5.74, 6) is 2.04. The van der Waals surface area contributed by atoms with E-state index in [0.29, 0.717) is 0 Å². The van der Waals surface area contributed by atoms with Crippen molar-refractivity contribution in [2.45, 2.75) is 13.1 Å². The van der Waals surface area contributed by atoms with Gasteiger partial charge in [0.25, 0.3) is 0 Å². The van der Waals surface area contributed by atoms with Crippen LogP contribution in [0.3, 0.4) is 0 Å². The van der Waals surface area contributed by atoms with E-state index >= 15 is 0 Å². The van der Waals surface area contributed by atoms with Gasteiger partial charge in [-0.1, -0.05) is 24.3 Å². The zero-order valence-corrected chi connectivity index (χ0v) is 15.8. The van der Waals surface area contributed by atoms with Gasteiger partial charge in [-0.15, -0.1) is 12.4 Å². The first-order chi connectivity index (χ1) is 11.8. The zero-order chi connectivity index (χ0) is 16.8. The molecule has 1 aliphatic heterocycles. The number of nitrogens with zero attached hydrogens (tertiary/aromatic N) is 3. The summed E-state index contributed by atoms with van der Waals surface area (Å²) in [6.07, 6.45) is 1.89. The number of likely N-dealkylation sites (N-methyl/N-ethyl adjacent to an activating group) is 1. The minimum atomic E-state index is 0. The largest absolute Gasteiger partial charge is 0.496 e. The molecule has 0 spiro atoms. The van der Waals surface area contributed by atoms with Gasteiger partial charge in [0.05, 0.1) is 7.11 Å². The molecule has 1 aliphatic rings. The van der Waals surface area contributed by atoms with Crippen molar-refractivity contribution in [2.75, 3.05) is 45.2 Å². The monoisotopic (exact) mass is 362 g/mol. The molecule has 0 bridgehead atoms. The molecule has 0 unspecified atom stereocenters. The molecule has 2 heterocycles. The number of rotatable bonds is 6. The van der Waals surface area contributed by atoms with Gasteiger partial charge >= 0.3 is 0 Å². The third-order valence-corrected chi connectivity index (χ3v) is 4.49. The fourth-order valence-corrected chi connectivity index (χ4v) is 3.05. The molecule has 25 heavy (non-hydrogen) atoms. The smallest absolute Gasteiger partial charge is 0.133 e. The van der Waals surface area contributed by atoms with Crippen molar-refractivity contribution in [2.24, 2.45) is 0 Å². The molecule has 1 aromatic carbocycles. The number of hydrogen-bond donors (Lipinski definition) is 1. The summed E-state index contributed by atoms with van der Waals surface area (Å²) in [6, 6.07) is 12.3. The van der Waals surface area contributed by atoms with E-state index in [-0.39, 0.29) is 12.4 Å². The highest BCUT2D eigenvalue weighted by atomic mass is 35.5. The number of methoxy groups -OCH3 is 1. The van der Waals surface area contributed by atoms with Gasteiger partial charge < -0.3 is 19.9 Å². The third-order valence-electron chi connectivity index (χ3n) is 4.49. The maximum atomic E-state index is 5.41. The number of ether oxygens (including phenoxy) is 1. The number of anilines is 1. The Labute approximate surface area is 156 Å². The Morgan fingerprint density at radius 3 is 2.44 bits per heavy atom. The lowest BCUT2D eigenvalue weighted by Crippen LogP contribution is -2.45. The van der Waals surface area contributed by atoms with E-state index in [1.165, 1.54) is 11.1 Å². The first-order valence-corrected chi connectivity index (χ1v) is 8.48. The van der Waals surface area contributed by atoms with Gasteiger partial charge in [-0.2, -0.15) is 0 Å². The molecule has 1 saturated heterocycles. The maximum absolute atomic E-state index is 5.41. The summed E-state index contributed by atoms with van der Waals surface area (Å²) in [7, 11) is 3.89. The summed E-state index contributed by atoms with van der Waals surface area (Å²) in [6.45, 7) is 5.82. The summed E-state index contributed by atoms with van der Waals surface area (Å²) in [5, 5.41) is 3.52. The van der Waals surface area contributed by atoms with Gasteiger partial charge in [-0.3, -0.25) is 0 Å². The van der Waals surface area contributed by atoms with Crippen LogP contribution in [0.1, 0.15) is 11.1 Å². The number of para-hydroxylation sites is 1. The highest BCUT2D eigenvalue weighted by Crippen LogP contribution is 2.20. The van der Waals surface area contributed by atoms with Crippen molar-refractivity contribution in [3.8, 4) is 5.75 Å². The van der Waals surface area contributed by atoms with E-state index in [0.717, 1.165) is 50.8 Å². The van der Waals surface area contributed by atoms with Crippen LogP contribution in [0.25, 0.3) is 0 Å². The van der Waals surface area contributed by atoms with Gasteiger partial charge in [-0.05, 0) is 19.2 Å². The number of nitrogens with one attached hydrogen (secondary N) is 1. The number of aromatic nitrogens is 1. The Bertz CT molecular complexity index is 659. The van der Waals surface area contributed by atoms with E-state index in [9.17, 15) is 0 Å². The van der Waals surface area contributed by atoms with Crippen LogP contribution in [0.4, 0.5) is 5.82 Å². The molecule has 1 N–H and O–H groups in total. The second kappa shape index (κ2) is 9.61.